The van der Waals surface area contributed by atoms with Crippen LogP contribution in [0.2, 0.25) is 5.02 Å². The summed E-state index contributed by atoms with van der Waals surface area (Å²) in [7, 11) is -2.33. The lowest BCUT2D eigenvalue weighted by Crippen LogP contribution is -2.41. The average Bonchev–Trinajstić information content (AvgIpc) is 3.13. The Morgan fingerprint density at radius 2 is 1.89 bits per heavy atom. The Hall–Kier alpha value is -2.85. The number of nitrogens with zero attached hydrogens (tertiary/aromatic N) is 1. The van der Waals surface area contributed by atoms with Crippen molar-refractivity contribution in [1.82, 2.24) is 9.29 Å². The van der Waals surface area contributed by atoms with Crippen LogP contribution >= 0.6 is 22.9 Å². The van der Waals surface area contributed by atoms with Gasteiger partial charge in [0, 0.05) is 17.0 Å². The Kier molecular flexibility index (Phi) is 6.36. The van der Waals surface area contributed by atoms with Gasteiger partial charge in [-0.05, 0) is 67.9 Å². The summed E-state index contributed by atoms with van der Waals surface area (Å²) in [6.45, 7) is 4.22. The Morgan fingerprint density at radius 3 is 2.61 bits per heavy atom. The van der Waals surface area contributed by atoms with E-state index in [1.165, 1.54) is 6.07 Å². The minimum atomic E-state index is -3.90. The van der Waals surface area contributed by atoms with Gasteiger partial charge in [0.05, 0.1) is 34.8 Å². The maximum Gasteiger partial charge on any atom is 0.308 e. The maximum absolute atomic E-state index is 13.5. The van der Waals surface area contributed by atoms with E-state index in [1.807, 2.05) is 26.0 Å². The van der Waals surface area contributed by atoms with Crippen molar-refractivity contribution in [3.8, 4) is 11.5 Å². The normalized spacial score (nSPS) is 16.9. The number of thiazole rings is 1. The molecule has 1 N–H and O–H groups in total. The third-order valence-electron chi connectivity index (χ3n) is 6.18. The van der Waals surface area contributed by atoms with Crippen LogP contribution < -0.4 is 19.1 Å². The van der Waals surface area contributed by atoms with Gasteiger partial charge in [0.25, 0.3) is 0 Å². The van der Waals surface area contributed by atoms with Gasteiger partial charge in [0.15, 0.2) is 0 Å². The standard InChI is InChI=1S/C26H25ClN2O5S2/c1-26(2)14-21(20-12-18(33-3)8-11-23(20)34-26)28-36(31,32)19-9-10-22-24(13-19)35-25(30)29(22)15-16-4-6-17(27)7-5-16/h4-13,21,28H,14-15H2,1-3H3/t21-/m0/s1. The summed E-state index contributed by atoms with van der Waals surface area (Å²) in [5.41, 5.74) is 1.77. The number of halogens is 1. The summed E-state index contributed by atoms with van der Waals surface area (Å²) in [5, 5.41) is 0.623. The molecule has 0 saturated carbocycles. The summed E-state index contributed by atoms with van der Waals surface area (Å²) < 4.78 is 43.4. The summed E-state index contributed by atoms with van der Waals surface area (Å²) in [6.07, 6.45) is 0.444. The third-order valence-corrected chi connectivity index (χ3v) is 8.84. The molecule has 0 fully saturated rings. The maximum atomic E-state index is 13.5. The molecule has 3 aromatic carbocycles. The molecule has 5 rings (SSSR count). The van der Waals surface area contributed by atoms with Gasteiger partial charge in [-0.15, -0.1) is 0 Å². The fourth-order valence-corrected chi connectivity index (χ4v) is 6.83. The molecule has 0 spiro atoms. The molecule has 0 amide bonds. The molecule has 1 aromatic heterocycles. The van der Waals surface area contributed by atoms with Crippen LogP contribution in [0, 0.1) is 0 Å². The lowest BCUT2D eigenvalue weighted by atomic mass is 9.90. The van der Waals surface area contributed by atoms with E-state index in [-0.39, 0.29) is 9.77 Å². The van der Waals surface area contributed by atoms with Crippen molar-refractivity contribution >= 4 is 43.2 Å². The Labute approximate surface area is 218 Å². The van der Waals surface area contributed by atoms with Gasteiger partial charge in [-0.3, -0.25) is 9.36 Å². The zero-order valence-electron chi connectivity index (χ0n) is 19.9. The number of aromatic nitrogens is 1. The average molecular weight is 545 g/mol. The number of ether oxygens (including phenoxy) is 2. The molecular weight excluding hydrogens is 520 g/mol. The molecule has 0 bridgehead atoms. The molecule has 1 aliphatic heterocycles. The predicted octanol–water partition coefficient (Wildman–Crippen LogP) is 5.35. The first-order chi connectivity index (χ1) is 17.0. The van der Waals surface area contributed by atoms with Crippen molar-refractivity contribution in [2.45, 2.75) is 43.4 Å². The molecule has 7 nitrogen and oxygen atoms in total. The van der Waals surface area contributed by atoms with Crippen molar-refractivity contribution in [1.29, 1.82) is 0 Å². The van der Waals surface area contributed by atoms with Gasteiger partial charge in [-0.1, -0.05) is 35.1 Å². The molecule has 0 unspecified atom stereocenters. The second-order valence-electron chi connectivity index (χ2n) is 9.35. The summed E-state index contributed by atoms with van der Waals surface area (Å²) in [5.74, 6) is 1.24. The zero-order valence-corrected chi connectivity index (χ0v) is 22.3. The highest BCUT2D eigenvalue weighted by Crippen LogP contribution is 2.41. The van der Waals surface area contributed by atoms with Crippen LogP contribution in [0.5, 0.6) is 11.5 Å². The van der Waals surface area contributed by atoms with E-state index < -0.39 is 21.7 Å². The monoisotopic (exact) mass is 544 g/mol. The van der Waals surface area contributed by atoms with Gasteiger partial charge in [0.2, 0.25) is 10.0 Å². The van der Waals surface area contributed by atoms with Crippen LogP contribution in [-0.4, -0.2) is 25.7 Å². The molecular formula is C26H25ClN2O5S2. The molecule has 4 aromatic rings. The quantitative estimate of drug-likeness (QED) is 0.353. The van der Waals surface area contributed by atoms with E-state index in [0.717, 1.165) is 22.5 Å². The molecule has 0 radical (unpaired) electrons. The number of rotatable bonds is 6. The first-order valence-electron chi connectivity index (χ1n) is 11.3. The summed E-state index contributed by atoms with van der Waals surface area (Å²) in [4.78, 5) is 12.7. The van der Waals surface area contributed by atoms with Crippen molar-refractivity contribution in [3.05, 3.63) is 86.5 Å². The van der Waals surface area contributed by atoms with E-state index in [2.05, 4.69) is 4.72 Å². The summed E-state index contributed by atoms with van der Waals surface area (Å²) in [6, 6.07) is 16.9. The van der Waals surface area contributed by atoms with E-state index in [0.29, 0.717) is 39.7 Å². The highest BCUT2D eigenvalue weighted by Gasteiger charge is 2.36. The summed E-state index contributed by atoms with van der Waals surface area (Å²) >= 11 is 6.99. The van der Waals surface area contributed by atoms with Gasteiger partial charge < -0.3 is 9.47 Å². The fraction of sp³-hybridized carbons (Fsp3) is 0.269. The Balaban J connectivity index is 1.47. The number of fused-ring (bicyclic) bond motifs is 2. The van der Waals surface area contributed by atoms with Gasteiger partial charge in [0.1, 0.15) is 17.1 Å². The number of benzene rings is 3. The minimum absolute atomic E-state index is 0.101. The molecule has 188 valence electrons. The lowest BCUT2D eigenvalue weighted by molar-refractivity contribution is 0.0700. The number of methoxy groups -OCH3 is 1. The van der Waals surface area contributed by atoms with Crippen LogP contribution in [0.1, 0.15) is 37.4 Å². The second-order valence-corrected chi connectivity index (χ2v) is 12.5. The fourth-order valence-electron chi connectivity index (χ4n) is 4.46. The van der Waals surface area contributed by atoms with E-state index in [4.69, 9.17) is 21.1 Å². The third kappa shape index (κ3) is 4.88. The van der Waals surface area contributed by atoms with Crippen molar-refractivity contribution in [2.75, 3.05) is 7.11 Å². The van der Waals surface area contributed by atoms with Crippen LogP contribution in [0.25, 0.3) is 10.2 Å². The van der Waals surface area contributed by atoms with Crippen LogP contribution in [0.15, 0.2) is 70.4 Å². The Bertz CT molecular complexity index is 1610. The SMILES string of the molecule is COc1ccc2c(c1)[C@@H](NS(=O)(=O)c1ccc3c(c1)sc(=O)n3Cc1ccc(Cl)cc1)CC(C)(C)O2. The van der Waals surface area contributed by atoms with Crippen molar-refractivity contribution < 1.29 is 17.9 Å². The molecule has 0 saturated heterocycles. The van der Waals surface area contributed by atoms with Crippen LogP contribution in [0.3, 0.4) is 0 Å². The first-order valence-corrected chi connectivity index (χ1v) is 14.0. The molecule has 10 heteroatoms. The van der Waals surface area contributed by atoms with Gasteiger partial charge in [-0.2, -0.15) is 0 Å². The number of nitrogens with one attached hydrogen (secondary N) is 1. The van der Waals surface area contributed by atoms with E-state index in [1.54, 1.807) is 54.1 Å². The number of hydrogen-bond donors (Lipinski definition) is 1. The van der Waals surface area contributed by atoms with Gasteiger partial charge in [-0.25, -0.2) is 13.1 Å². The number of hydrogen-bond acceptors (Lipinski definition) is 6. The molecule has 1 atom stereocenters. The van der Waals surface area contributed by atoms with Crippen LogP contribution in [-0.2, 0) is 16.6 Å². The molecule has 1 aliphatic rings. The van der Waals surface area contributed by atoms with E-state index in [9.17, 15) is 13.2 Å². The highest BCUT2D eigenvalue weighted by atomic mass is 35.5. The minimum Gasteiger partial charge on any atom is -0.497 e. The highest BCUT2D eigenvalue weighted by molar-refractivity contribution is 7.89. The van der Waals surface area contributed by atoms with Crippen molar-refractivity contribution in [2.24, 2.45) is 0 Å². The zero-order chi connectivity index (χ0) is 25.7. The van der Waals surface area contributed by atoms with E-state index >= 15 is 0 Å². The van der Waals surface area contributed by atoms with Crippen molar-refractivity contribution in [3.63, 3.8) is 0 Å². The lowest BCUT2D eigenvalue weighted by Gasteiger charge is -2.37. The largest absolute Gasteiger partial charge is 0.497 e. The number of sulfonamides is 1. The van der Waals surface area contributed by atoms with Gasteiger partial charge >= 0.3 is 4.87 Å². The molecule has 2 heterocycles. The molecule has 0 aliphatic carbocycles. The second kappa shape index (κ2) is 9.23. The van der Waals surface area contributed by atoms with Crippen LogP contribution in [0.4, 0.5) is 0 Å². The topological polar surface area (TPSA) is 86.6 Å². The molecule has 36 heavy (non-hydrogen) atoms. The smallest absolute Gasteiger partial charge is 0.308 e. The Morgan fingerprint density at radius 1 is 1.14 bits per heavy atom. The predicted molar refractivity (Wildman–Crippen MR) is 142 cm³/mol. The first kappa shape index (κ1) is 24.8.